The lowest BCUT2D eigenvalue weighted by Gasteiger charge is -2.18. The monoisotopic (exact) mass is 490 g/mol. The summed E-state index contributed by atoms with van der Waals surface area (Å²) in [5.41, 5.74) is 2.80. The van der Waals surface area contributed by atoms with Crippen LogP contribution in [0.1, 0.15) is 25.0 Å². The number of carbonyl (C=O) groups is 1. The van der Waals surface area contributed by atoms with Crippen LogP contribution in [-0.2, 0) is 4.79 Å². The second-order valence-electron chi connectivity index (χ2n) is 7.02. The molecule has 1 aliphatic rings. The van der Waals surface area contributed by atoms with E-state index < -0.39 is 0 Å². The number of hydrogen-bond donors (Lipinski definition) is 0. The first-order chi connectivity index (χ1) is 15.6. The van der Waals surface area contributed by atoms with E-state index in [2.05, 4.69) is 15.9 Å². The number of halogens is 1. The molecule has 0 fully saturated rings. The van der Waals surface area contributed by atoms with Gasteiger partial charge in [0.15, 0.2) is 11.5 Å². The SMILES string of the molecule is CCOc1ccc(C=C2N=C(c3ccccc3)N(c3ccc(Br)cc3)C2=O)cc1OCC. The maximum Gasteiger partial charge on any atom is 0.282 e. The summed E-state index contributed by atoms with van der Waals surface area (Å²) in [6.45, 7) is 4.92. The third-order valence-corrected chi connectivity index (χ3v) is 5.38. The van der Waals surface area contributed by atoms with Crippen LogP contribution < -0.4 is 14.4 Å². The van der Waals surface area contributed by atoms with Crippen molar-refractivity contribution >= 4 is 39.4 Å². The lowest BCUT2D eigenvalue weighted by atomic mass is 10.1. The molecule has 3 aromatic carbocycles. The van der Waals surface area contributed by atoms with Crippen molar-refractivity contribution in [3.05, 3.63) is 94.1 Å². The van der Waals surface area contributed by atoms with Crippen molar-refractivity contribution in [2.45, 2.75) is 13.8 Å². The van der Waals surface area contributed by atoms with Crippen LogP contribution in [0.4, 0.5) is 5.69 Å². The van der Waals surface area contributed by atoms with Crippen LogP contribution in [0.15, 0.2) is 88.0 Å². The molecule has 1 amide bonds. The molecular formula is C26H23BrN2O3. The molecule has 32 heavy (non-hydrogen) atoms. The molecule has 0 unspecified atom stereocenters. The Hall–Kier alpha value is -3.38. The fourth-order valence-corrected chi connectivity index (χ4v) is 3.71. The normalized spacial score (nSPS) is 14.6. The van der Waals surface area contributed by atoms with Gasteiger partial charge in [-0.25, -0.2) is 4.99 Å². The highest BCUT2D eigenvalue weighted by atomic mass is 79.9. The predicted octanol–water partition coefficient (Wildman–Crippen LogP) is 6.08. The van der Waals surface area contributed by atoms with Gasteiger partial charge in [-0.2, -0.15) is 0 Å². The number of rotatable bonds is 7. The number of ether oxygens (including phenoxy) is 2. The van der Waals surface area contributed by atoms with Gasteiger partial charge in [-0.15, -0.1) is 0 Å². The van der Waals surface area contributed by atoms with Gasteiger partial charge in [0.2, 0.25) is 0 Å². The molecule has 0 bridgehead atoms. The van der Waals surface area contributed by atoms with Gasteiger partial charge in [0.25, 0.3) is 5.91 Å². The van der Waals surface area contributed by atoms with E-state index in [1.165, 1.54) is 0 Å². The van der Waals surface area contributed by atoms with Crippen LogP contribution >= 0.6 is 15.9 Å². The summed E-state index contributed by atoms with van der Waals surface area (Å²) < 4.78 is 12.3. The van der Waals surface area contributed by atoms with Crippen molar-refractivity contribution in [2.24, 2.45) is 4.99 Å². The quantitative estimate of drug-likeness (QED) is 0.377. The average Bonchev–Trinajstić information content (AvgIpc) is 3.13. The summed E-state index contributed by atoms with van der Waals surface area (Å²) in [7, 11) is 0. The van der Waals surface area contributed by atoms with Gasteiger partial charge >= 0.3 is 0 Å². The topological polar surface area (TPSA) is 51.1 Å². The van der Waals surface area contributed by atoms with Crippen LogP contribution in [0.2, 0.25) is 0 Å². The van der Waals surface area contributed by atoms with Gasteiger partial charge in [-0.3, -0.25) is 9.69 Å². The Morgan fingerprint density at radius 2 is 1.59 bits per heavy atom. The van der Waals surface area contributed by atoms with Crippen molar-refractivity contribution in [2.75, 3.05) is 18.1 Å². The van der Waals surface area contributed by atoms with Crippen LogP contribution in [0.5, 0.6) is 11.5 Å². The molecule has 0 atom stereocenters. The van der Waals surface area contributed by atoms with Crippen molar-refractivity contribution in [3.8, 4) is 11.5 Å². The third-order valence-electron chi connectivity index (χ3n) is 4.85. The van der Waals surface area contributed by atoms with E-state index in [1.807, 2.05) is 86.6 Å². The van der Waals surface area contributed by atoms with Gasteiger partial charge in [-0.1, -0.05) is 52.3 Å². The number of hydrogen-bond acceptors (Lipinski definition) is 4. The van der Waals surface area contributed by atoms with E-state index in [4.69, 9.17) is 14.5 Å². The minimum atomic E-state index is -0.182. The zero-order valence-corrected chi connectivity index (χ0v) is 19.5. The van der Waals surface area contributed by atoms with Crippen LogP contribution in [0, 0.1) is 0 Å². The largest absolute Gasteiger partial charge is 0.490 e. The number of aliphatic imine (C=N–C) groups is 1. The minimum Gasteiger partial charge on any atom is -0.490 e. The number of nitrogens with zero attached hydrogens (tertiary/aromatic N) is 2. The van der Waals surface area contributed by atoms with E-state index in [1.54, 1.807) is 11.0 Å². The van der Waals surface area contributed by atoms with Crippen molar-refractivity contribution in [1.82, 2.24) is 0 Å². The minimum absolute atomic E-state index is 0.182. The number of carbonyl (C=O) groups excluding carboxylic acids is 1. The molecule has 0 radical (unpaired) electrons. The molecule has 0 N–H and O–H groups in total. The maximum absolute atomic E-state index is 13.4. The predicted molar refractivity (Wildman–Crippen MR) is 131 cm³/mol. The van der Waals surface area contributed by atoms with Crippen LogP contribution in [0.3, 0.4) is 0 Å². The summed E-state index contributed by atoms with van der Waals surface area (Å²) in [6.07, 6.45) is 1.78. The number of benzene rings is 3. The Labute approximate surface area is 196 Å². The number of amides is 1. The smallest absolute Gasteiger partial charge is 0.282 e. The van der Waals surface area contributed by atoms with E-state index in [9.17, 15) is 4.79 Å². The highest BCUT2D eigenvalue weighted by Gasteiger charge is 2.32. The van der Waals surface area contributed by atoms with E-state index >= 15 is 0 Å². The molecule has 162 valence electrons. The Bertz CT molecular complexity index is 1170. The Morgan fingerprint density at radius 3 is 2.28 bits per heavy atom. The molecule has 1 aliphatic heterocycles. The first-order valence-corrected chi connectivity index (χ1v) is 11.3. The average molecular weight is 491 g/mol. The second kappa shape index (κ2) is 9.83. The fraction of sp³-hybridized carbons (Fsp3) is 0.154. The Kier molecular flexibility index (Phi) is 6.71. The molecule has 0 saturated heterocycles. The summed E-state index contributed by atoms with van der Waals surface area (Å²) in [5.74, 6) is 1.74. The maximum atomic E-state index is 13.4. The van der Waals surface area contributed by atoms with E-state index in [0.717, 1.165) is 21.3 Å². The Morgan fingerprint density at radius 1 is 0.906 bits per heavy atom. The van der Waals surface area contributed by atoms with Gasteiger partial charge in [0.1, 0.15) is 11.5 Å². The molecule has 0 saturated carbocycles. The standard InChI is InChI=1S/C26H23BrN2O3/c1-3-31-23-15-10-18(17-24(23)32-4-2)16-22-26(30)29(21-13-11-20(27)12-14-21)25(28-22)19-8-6-5-7-9-19/h5-17H,3-4H2,1-2H3. The molecule has 6 heteroatoms. The molecule has 3 aromatic rings. The van der Waals surface area contributed by atoms with E-state index in [0.29, 0.717) is 36.2 Å². The van der Waals surface area contributed by atoms with Crippen molar-refractivity contribution in [1.29, 1.82) is 0 Å². The van der Waals surface area contributed by atoms with Gasteiger partial charge in [-0.05, 0) is 61.9 Å². The number of amidine groups is 1. The molecular weight excluding hydrogens is 468 g/mol. The van der Waals surface area contributed by atoms with Crippen molar-refractivity contribution in [3.63, 3.8) is 0 Å². The van der Waals surface area contributed by atoms with Gasteiger partial charge in [0, 0.05) is 10.0 Å². The van der Waals surface area contributed by atoms with Gasteiger partial charge in [0.05, 0.1) is 18.9 Å². The summed E-state index contributed by atoms with van der Waals surface area (Å²) in [6, 6.07) is 22.9. The lowest BCUT2D eigenvalue weighted by molar-refractivity contribution is -0.113. The molecule has 0 aliphatic carbocycles. The highest BCUT2D eigenvalue weighted by Crippen LogP contribution is 2.32. The third kappa shape index (κ3) is 4.60. The molecule has 0 spiro atoms. The van der Waals surface area contributed by atoms with Crippen LogP contribution in [0.25, 0.3) is 6.08 Å². The van der Waals surface area contributed by atoms with E-state index in [-0.39, 0.29) is 5.91 Å². The molecule has 4 rings (SSSR count). The summed E-state index contributed by atoms with van der Waals surface area (Å²) in [4.78, 5) is 19.8. The molecule has 1 heterocycles. The molecule has 0 aromatic heterocycles. The lowest BCUT2D eigenvalue weighted by Crippen LogP contribution is -2.32. The summed E-state index contributed by atoms with van der Waals surface area (Å²) >= 11 is 3.45. The van der Waals surface area contributed by atoms with Crippen LogP contribution in [-0.4, -0.2) is 25.0 Å². The fourth-order valence-electron chi connectivity index (χ4n) is 3.44. The molecule has 5 nitrogen and oxygen atoms in total. The van der Waals surface area contributed by atoms with Gasteiger partial charge < -0.3 is 9.47 Å². The second-order valence-corrected chi connectivity index (χ2v) is 7.94. The van der Waals surface area contributed by atoms with Crippen molar-refractivity contribution < 1.29 is 14.3 Å². The Balaban J connectivity index is 1.76. The highest BCUT2D eigenvalue weighted by molar-refractivity contribution is 9.10. The summed E-state index contributed by atoms with van der Waals surface area (Å²) in [5, 5.41) is 0. The first kappa shape index (κ1) is 21.8. The first-order valence-electron chi connectivity index (χ1n) is 10.5. The zero-order chi connectivity index (χ0) is 22.5. The number of anilines is 1. The zero-order valence-electron chi connectivity index (χ0n) is 17.9.